The van der Waals surface area contributed by atoms with E-state index < -0.39 is 23.9 Å². The van der Waals surface area contributed by atoms with E-state index in [4.69, 9.17) is 16.7 Å². The molecule has 0 unspecified atom stereocenters. The molecule has 1 N–H and O–H groups in total. The van der Waals surface area contributed by atoms with E-state index in [9.17, 15) is 13.2 Å². The first-order valence-electron chi connectivity index (χ1n) is 3.41. The number of aliphatic hydroxyl groups is 1. The molecule has 0 saturated heterocycles. The maximum Gasteiger partial charge on any atom is 0.298 e. The van der Waals surface area contributed by atoms with Gasteiger partial charge in [-0.25, -0.2) is 4.39 Å². The smallest absolute Gasteiger partial charge is 0.298 e. The Morgan fingerprint density at radius 3 is 2.54 bits per heavy atom. The van der Waals surface area contributed by atoms with Crippen molar-refractivity contribution in [2.45, 2.75) is 5.92 Å². The van der Waals surface area contributed by atoms with E-state index >= 15 is 0 Å². The highest BCUT2D eigenvalue weighted by Crippen LogP contribution is 2.31. The molecule has 0 spiro atoms. The minimum Gasteiger partial charge on any atom is -0.390 e. The Balaban J connectivity index is 3.20. The molecule has 0 amide bonds. The van der Waals surface area contributed by atoms with Gasteiger partial charge >= 0.3 is 0 Å². The highest BCUT2D eigenvalue weighted by atomic mass is 35.5. The summed E-state index contributed by atoms with van der Waals surface area (Å²) in [6.45, 7) is -1.44. The second-order valence-electron chi connectivity index (χ2n) is 2.49. The van der Waals surface area contributed by atoms with E-state index in [0.29, 0.717) is 0 Å². The first kappa shape index (κ1) is 10.3. The Kier molecular flexibility index (Phi) is 2.83. The predicted molar refractivity (Wildman–Crippen MR) is 42.4 cm³/mol. The van der Waals surface area contributed by atoms with E-state index in [1.165, 1.54) is 0 Å². The number of halogens is 4. The fourth-order valence-corrected chi connectivity index (χ4v) is 1.04. The van der Waals surface area contributed by atoms with Gasteiger partial charge in [-0.15, -0.1) is 0 Å². The highest BCUT2D eigenvalue weighted by Gasteiger charge is 2.33. The molecule has 0 aromatic heterocycles. The van der Waals surface area contributed by atoms with Crippen LogP contribution in [0.15, 0.2) is 18.2 Å². The molecular formula is C8H6ClF3O. The molecule has 0 saturated carbocycles. The van der Waals surface area contributed by atoms with Gasteiger partial charge in [0.2, 0.25) is 0 Å². The van der Waals surface area contributed by atoms with Gasteiger partial charge in [0.1, 0.15) is 12.4 Å². The molecule has 0 aliphatic carbocycles. The summed E-state index contributed by atoms with van der Waals surface area (Å²) in [7, 11) is 0. The average Bonchev–Trinajstić information content (AvgIpc) is 2.09. The molecule has 0 heterocycles. The Morgan fingerprint density at radius 1 is 1.38 bits per heavy atom. The zero-order valence-electron chi connectivity index (χ0n) is 6.40. The van der Waals surface area contributed by atoms with E-state index in [1.54, 1.807) is 0 Å². The van der Waals surface area contributed by atoms with Gasteiger partial charge in [-0.05, 0) is 18.2 Å². The third-order valence-corrected chi connectivity index (χ3v) is 1.76. The third-order valence-electron chi connectivity index (χ3n) is 1.52. The number of aliphatic hydroxyl groups excluding tert-OH is 1. The van der Waals surface area contributed by atoms with Crippen molar-refractivity contribution in [1.82, 2.24) is 0 Å². The lowest BCUT2D eigenvalue weighted by molar-refractivity contribution is -0.0582. The van der Waals surface area contributed by atoms with Gasteiger partial charge in [0.15, 0.2) is 0 Å². The molecule has 1 nitrogen and oxygen atoms in total. The molecule has 0 radical (unpaired) electrons. The van der Waals surface area contributed by atoms with E-state index in [1.807, 2.05) is 0 Å². The zero-order chi connectivity index (χ0) is 10.1. The molecule has 1 aromatic rings. The second-order valence-corrected chi connectivity index (χ2v) is 2.92. The van der Waals surface area contributed by atoms with E-state index in [2.05, 4.69) is 0 Å². The van der Waals surface area contributed by atoms with Crippen LogP contribution in [0, 0.1) is 5.82 Å². The fraction of sp³-hybridized carbons (Fsp3) is 0.250. The van der Waals surface area contributed by atoms with Crippen molar-refractivity contribution in [2.24, 2.45) is 0 Å². The van der Waals surface area contributed by atoms with Gasteiger partial charge in [0.25, 0.3) is 5.92 Å². The lowest BCUT2D eigenvalue weighted by atomic mass is 10.1. The van der Waals surface area contributed by atoms with Crippen LogP contribution in [0.5, 0.6) is 0 Å². The van der Waals surface area contributed by atoms with Crippen molar-refractivity contribution in [2.75, 3.05) is 6.61 Å². The first-order chi connectivity index (χ1) is 5.97. The van der Waals surface area contributed by atoms with Crippen LogP contribution in [-0.4, -0.2) is 11.7 Å². The number of benzene rings is 1. The maximum atomic E-state index is 12.8. The van der Waals surface area contributed by atoms with Gasteiger partial charge in [-0.1, -0.05) is 11.6 Å². The Labute approximate surface area is 77.8 Å². The average molecular weight is 211 g/mol. The van der Waals surface area contributed by atoms with Gasteiger partial charge in [-0.2, -0.15) is 8.78 Å². The Bertz CT molecular complexity index is 314. The van der Waals surface area contributed by atoms with Crippen molar-refractivity contribution in [1.29, 1.82) is 0 Å². The van der Waals surface area contributed by atoms with Crippen molar-refractivity contribution in [3.63, 3.8) is 0 Å². The summed E-state index contributed by atoms with van der Waals surface area (Å²) in [5, 5.41) is 8.31. The van der Waals surface area contributed by atoms with Crippen LogP contribution in [0.1, 0.15) is 5.56 Å². The molecule has 1 aromatic carbocycles. The molecule has 0 aliphatic heterocycles. The summed E-state index contributed by atoms with van der Waals surface area (Å²) in [5.41, 5.74) is -0.887. The van der Waals surface area contributed by atoms with Crippen molar-refractivity contribution >= 4 is 11.6 Å². The second kappa shape index (κ2) is 3.55. The Morgan fingerprint density at radius 2 is 2.00 bits per heavy atom. The van der Waals surface area contributed by atoms with Crippen LogP contribution in [0.3, 0.4) is 0 Å². The van der Waals surface area contributed by atoms with E-state index in [0.717, 1.165) is 18.2 Å². The molecule has 0 fully saturated rings. The summed E-state index contributed by atoms with van der Waals surface area (Å²) < 4.78 is 38.4. The van der Waals surface area contributed by atoms with Crippen LogP contribution in [0.4, 0.5) is 13.2 Å². The zero-order valence-corrected chi connectivity index (χ0v) is 7.15. The molecule has 5 heteroatoms. The monoisotopic (exact) mass is 210 g/mol. The van der Waals surface area contributed by atoms with Crippen molar-refractivity contribution in [3.8, 4) is 0 Å². The molecule has 0 atom stereocenters. The SMILES string of the molecule is OCC(F)(F)c1cc(Cl)ccc1F. The van der Waals surface area contributed by atoms with Gasteiger partial charge < -0.3 is 5.11 Å². The summed E-state index contributed by atoms with van der Waals surface area (Å²) in [6, 6.07) is 2.79. The number of hydrogen-bond acceptors (Lipinski definition) is 1. The Hall–Kier alpha value is -0.740. The summed E-state index contributed by atoms with van der Waals surface area (Å²) >= 11 is 5.40. The van der Waals surface area contributed by atoms with Crippen molar-refractivity contribution < 1.29 is 18.3 Å². The topological polar surface area (TPSA) is 20.2 Å². The molecule has 13 heavy (non-hydrogen) atoms. The number of rotatable bonds is 2. The molecule has 0 bridgehead atoms. The maximum absolute atomic E-state index is 12.8. The molecular weight excluding hydrogens is 205 g/mol. The lowest BCUT2D eigenvalue weighted by Crippen LogP contribution is -2.20. The van der Waals surface area contributed by atoms with Gasteiger partial charge in [0.05, 0.1) is 5.56 Å². The largest absolute Gasteiger partial charge is 0.390 e. The van der Waals surface area contributed by atoms with Gasteiger partial charge in [-0.3, -0.25) is 0 Å². The summed E-state index contributed by atoms with van der Waals surface area (Å²) in [5.74, 6) is -4.67. The fourth-order valence-electron chi connectivity index (χ4n) is 0.863. The van der Waals surface area contributed by atoms with Crippen LogP contribution in [0.25, 0.3) is 0 Å². The first-order valence-corrected chi connectivity index (χ1v) is 3.79. The third kappa shape index (κ3) is 2.14. The molecule has 72 valence electrons. The predicted octanol–water partition coefficient (Wildman–Crippen LogP) is 2.56. The van der Waals surface area contributed by atoms with Crippen LogP contribution >= 0.6 is 11.6 Å². The minimum atomic E-state index is -3.59. The van der Waals surface area contributed by atoms with Crippen LogP contribution in [-0.2, 0) is 5.92 Å². The normalized spacial score (nSPS) is 11.8. The molecule has 0 aliphatic rings. The van der Waals surface area contributed by atoms with Gasteiger partial charge in [0, 0.05) is 5.02 Å². The highest BCUT2D eigenvalue weighted by molar-refractivity contribution is 6.30. The quantitative estimate of drug-likeness (QED) is 0.796. The minimum absolute atomic E-state index is 0.00419. The van der Waals surface area contributed by atoms with E-state index in [-0.39, 0.29) is 5.02 Å². The van der Waals surface area contributed by atoms with Crippen molar-refractivity contribution in [3.05, 3.63) is 34.6 Å². The summed E-state index contributed by atoms with van der Waals surface area (Å²) in [6.07, 6.45) is 0. The molecule has 1 rings (SSSR count). The van der Waals surface area contributed by atoms with Crippen LogP contribution < -0.4 is 0 Å². The van der Waals surface area contributed by atoms with Crippen LogP contribution in [0.2, 0.25) is 5.02 Å². The number of hydrogen-bond donors (Lipinski definition) is 1. The lowest BCUT2D eigenvalue weighted by Gasteiger charge is -2.14. The number of alkyl halides is 2. The summed E-state index contributed by atoms with van der Waals surface area (Å²) in [4.78, 5) is 0. The standard InChI is InChI=1S/C8H6ClF3O/c9-5-1-2-7(10)6(3-5)8(11,12)4-13/h1-3,13H,4H2.